The first-order valence-corrected chi connectivity index (χ1v) is 5.77. The molecule has 0 bridgehead atoms. The van der Waals surface area contributed by atoms with Crippen LogP contribution >= 0.6 is 0 Å². The summed E-state index contributed by atoms with van der Waals surface area (Å²) in [5.41, 5.74) is 2.00. The third kappa shape index (κ3) is 2.87. The summed E-state index contributed by atoms with van der Waals surface area (Å²) < 4.78 is 38.6. The molecular formula is C12H13F3N2O2. The molecule has 19 heavy (non-hydrogen) atoms. The third-order valence-electron chi connectivity index (χ3n) is 2.96. The first kappa shape index (κ1) is 13.8. The van der Waals surface area contributed by atoms with E-state index in [-0.39, 0.29) is 31.0 Å². The van der Waals surface area contributed by atoms with E-state index < -0.39 is 17.8 Å². The van der Waals surface area contributed by atoms with Crippen LogP contribution in [-0.4, -0.2) is 29.2 Å². The molecule has 2 rings (SSSR count). The number of nitrogens with zero attached hydrogens (tertiary/aromatic N) is 1. The molecule has 1 aliphatic heterocycles. The van der Waals surface area contributed by atoms with Crippen molar-refractivity contribution in [1.29, 1.82) is 0 Å². The number of β-amino-alcohol motifs (C(OH)–C–C–N with tert-alkyl or cyclic N) is 1. The summed E-state index contributed by atoms with van der Waals surface area (Å²) in [7, 11) is 0. The predicted octanol–water partition coefficient (Wildman–Crippen LogP) is 1.48. The number of hydrazine groups is 1. The minimum Gasteiger partial charge on any atom is -0.394 e. The highest BCUT2D eigenvalue weighted by Gasteiger charge is 2.38. The van der Waals surface area contributed by atoms with E-state index in [4.69, 9.17) is 5.11 Å². The van der Waals surface area contributed by atoms with Gasteiger partial charge in [-0.25, -0.2) is 5.43 Å². The highest BCUT2D eigenvalue weighted by atomic mass is 19.4. The van der Waals surface area contributed by atoms with Crippen molar-refractivity contribution in [3.63, 3.8) is 0 Å². The van der Waals surface area contributed by atoms with Crippen LogP contribution in [0.1, 0.15) is 23.6 Å². The second-order valence-electron chi connectivity index (χ2n) is 4.24. The van der Waals surface area contributed by atoms with Gasteiger partial charge in [0, 0.05) is 6.42 Å². The molecule has 1 heterocycles. The Morgan fingerprint density at radius 3 is 2.68 bits per heavy atom. The average Bonchev–Trinajstić information content (AvgIpc) is 2.70. The zero-order valence-electron chi connectivity index (χ0n) is 9.94. The highest BCUT2D eigenvalue weighted by Crippen LogP contribution is 2.36. The lowest BCUT2D eigenvalue weighted by Gasteiger charge is -2.19. The number of nitrogens with one attached hydrogen (secondary N) is 1. The maximum atomic E-state index is 12.9. The number of benzene rings is 1. The molecule has 1 saturated heterocycles. The number of hydrogen-bond donors (Lipinski definition) is 2. The Morgan fingerprint density at radius 1 is 1.37 bits per heavy atom. The van der Waals surface area contributed by atoms with Gasteiger partial charge in [-0.2, -0.15) is 13.2 Å². The van der Waals surface area contributed by atoms with Gasteiger partial charge in [0.25, 0.3) is 0 Å². The van der Waals surface area contributed by atoms with Crippen LogP contribution in [0.2, 0.25) is 0 Å². The molecule has 1 amide bonds. The summed E-state index contributed by atoms with van der Waals surface area (Å²) in [6, 6.07) is 4.46. The fraction of sp³-hybridized carbons (Fsp3) is 0.417. The van der Waals surface area contributed by atoms with E-state index in [2.05, 4.69) is 5.43 Å². The van der Waals surface area contributed by atoms with Crippen LogP contribution in [0, 0.1) is 0 Å². The Hall–Kier alpha value is -1.60. The summed E-state index contributed by atoms with van der Waals surface area (Å²) in [6.45, 7) is -0.185. The number of rotatable bonds is 3. The second kappa shape index (κ2) is 5.18. The van der Waals surface area contributed by atoms with E-state index >= 15 is 0 Å². The molecule has 104 valence electrons. The smallest absolute Gasteiger partial charge is 0.394 e. The number of alkyl halides is 3. The fourth-order valence-electron chi connectivity index (χ4n) is 2.12. The maximum absolute atomic E-state index is 12.9. The largest absolute Gasteiger partial charge is 0.416 e. The van der Waals surface area contributed by atoms with Gasteiger partial charge in [-0.05, 0) is 11.6 Å². The van der Waals surface area contributed by atoms with Crippen LogP contribution in [0.25, 0.3) is 0 Å². The van der Waals surface area contributed by atoms with Crippen molar-refractivity contribution in [2.24, 2.45) is 0 Å². The first-order chi connectivity index (χ1) is 8.93. The standard InChI is InChI=1S/C12H13F3N2O2/c13-12(14,15)9-4-2-1-3-8(9)10-7-11(19)17(16-10)5-6-18/h1-4,10,16,18H,5-7H2. The molecule has 0 aromatic heterocycles. The van der Waals surface area contributed by atoms with Crippen LogP contribution in [-0.2, 0) is 11.0 Å². The minimum absolute atomic E-state index is 0.0452. The molecule has 1 fully saturated rings. The quantitative estimate of drug-likeness (QED) is 0.877. The van der Waals surface area contributed by atoms with E-state index in [1.54, 1.807) is 0 Å². The Labute approximate surface area is 107 Å². The van der Waals surface area contributed by atoms with E-state index in [9.17, 15) is 18.0 Å². The van der Waals surface area contributed by atoms with Crippen molar-refractivity contribution < 1.29 is 23.1 Å². The molecular weight excluding hydrogens is 261 g/mol. The number of hydrogen-bond acceptors (Lipinski definition) is 3. The summed E-state index contributed by atoms with van der Waals surface area (Å²) in [6.07, 6.45) is -4.50. The molecule has 1 atom stereocenters. The highest BCUT2D eigenvalue weighted by molar-refractivity contribution is 5.78. The molecule has 7 heteroatoms. The van der Waals surface area contributed by atoms with E-state index in [1.165, 1.54) is 18.2 Å². The number of aliphatic hydroxyl groups is 1. The van der Waals surface area contributed by atoms with Crippen molar-refractivity contribution in [3.8, 4) is 0 Å². The lowest BCUT2D eigenvalue weighted by atomic mass is 9.99. The number of aliphatic hydroxyl groups excluding tert-OH is 1. The van der Waals surface area contributed by atoms with E-state index in [0.717, 1.165) is 11.1 Å². The summed E-state index contributed by atoms with van der Waals surface area (Å²) >= 11 is 0. The molecule has 0 spiro atoms. The first-order valence-electron chi connectivity index (χ1n) is 5.77. The molecule has 1 aromatic carbocycles. The third-order valence-corrected chi connectivity index (χ3v) is 2.96. The van der Waals surface area contributed by atoms with Crippen LogP contribution in [0.5, 0.6) is 0 Å². The Morgan fingerprint density at radius 2 is 2.05 bits per heavy atom. The predicted molar refractivity (Wildman–Crippen MR) is 60.7 cm³/mol. The monoisotopic (exact) mass is 274 g/mol. The number of halogens is 3. The number of amides is 1. The normalized spacial score (nSPS) is 20.1. The van der Waals surface area contributed by atoms with Crippen molar-refractivity contribution in [2.75, 3.05) is 13.2 Å². The molecule has 2 N–H and O–H groups in total. The van der Waals surface area contributed by atoms with E-state index in [0.29, 0.717) is 0 Å². The van der Waals surface area contributed by atoms with Crippen molar-refractivity contribution >= 4 is 5.91 Å². The molecule has 1 unspecified atom stereocenters. The summed E-state index contributed by atoms with van der Waals surface area (Å²) in [5.74, 6) is -0.323. The zero-order valence-corrected chi connectivity index (χ0v) is 9.94. The topological polar surface area (TPSA) is 52.6 Å². The van der Waals surface area contributed by atoms with E-state index in [1.807, 2.05) is 0 Å². The van der Waals surface area contributed by atoms with Crippen molar-refractivity contribution in [1.82, 2.24) is 10.4 Å². The van der Waals surface area contributed by atoms with Crippen LogP contribution in [0.3, 0.4) is 0 Å². The average molecular weight is 274 g/mol. The summed E-state index contributed by atoms with van der Waals surface area (Å²) in [4.78, 5) is 11.6. The maximum Gasteiger partial charge on any atom is 0.416 e. The molecule has 0 saturated carbocycles. The SMILES string of the molecule is O=C1CC(c2ccccc2C(F)(F)F)NN1CCO. The van der Waals surface area contributed by atoms with Crippen LogP contribution in [0.4, 0.5) is 13.2 Å². The zero-order chi connectivity index (χ0) is 14.0. The number of carbonyl (C=O) groups excluding carboxylic acids is 1. The van der Waals surface area contributed by atoms with Gasteiger partial charge >= 0.3 is 6.18 Å². The molecule has 0 radical (unpaired) electrons. The molecule has 1 aliphatic rings. The van der Waals surface area contributed by atoms with Crippen LogP contribution in [0.15, 0.2) is 24.3 Å². The van der Waals surface area contributed by atoms with Gasteiger partial charge in [-0.1, -0.05) is 18.2 Å². The molecule has 1 aromatic rings. The van der Waals surface area contributed by atoms with Crippen molar-refractivity contribution in [3.05, 3.63) is 35.4 Å². The Kier molecular flexibility index (Phi) is 3.77. The number of carbonyl (C=O) groups is 1. The summed E-state index contributed by atoms with van der Waals surface area (Å²) in [5, 5.41) is 9.92. The minimum atomic E-state index is -4.45. The van der Waals surface area contributed by atoms with Gasteiger partial charge in [0.15, 0.2) is 0 Å². The lowest BCUT2D eigenvalue weighted by Crippen LogP contribution is -2.37. The van der Waals surface area contributed by atoms with Gasteiger partial charge in [-0.15, -0.1) is 0 Å². The van der Waals surface area contributed by atoms with Gasteiger partial charge in [0.1, 0.15) is 0 Å². The van der Waals surface area contributed by atoms with Gasteiger partial charge in [0.2, 0.25) is 5.91 Å². The molecule has 0 aliphatic carbocycles. The van der Waals surface area contributed by atoms with Gasteiger partial charge in [-0.3, -0.25) is 9.80 Å². The van der Waals surface area contributed by atoms with Gasteiger partial charge < -0.3 is 5.11 Å². The van der Waals surface area contributed by atoms with Crippen LogP contribution < -0.4 is 5.43 Å². The molecule has 4 nitrogen and oxygen atoms in total. The fourth-order valence-corrected chi connectivity index (χ4v) is 2.12. The lowest BCUT2D eigenvalue weighted by molar-refractivity contribution is -0.138. The second-order valence-corrected chi connectivity index (χ2v) is 4.24. The van der Waals surface area contributed by atoms with Crippen molar-refractivity contribution in [2.45, 2.75) is 18.6 Å². The van der Waals surface area contributed by atoms with Gasteiger partial charge in [0.05, 0.1) is 24.8 Å². The Balaban J connectivity index is 2.27. The Bertz CT molecular complexity index is 476.